The van der Waals surface area contributed by atoms with Crippen LogP contribution in [0.15, 0.2) is 30.3 Å². The first-order valence-corrected chi connectivity index (χ1v) is 9.36. The molecule has 1 saturated heterocycles. The lowest BCUT2D eigenvalue weighted by Gasteiger charge is -2.13. The molecule has 2 fully saturated rings. The Morgan fingerprint density at radius 2 is 1.82 bits per heavy atom. The van der Waals surface area contributed by atoms with Gasteiger partial charge in [0, 0.05) is 12.2 Å². The molecule has 1 aliphatic heterocycles. The zero-order valence-electron chi connectivity index (χ0n) is 13.3. The van der Waals surface area contributed by atoms with Gasteiger partial charge in [0.05, 0.1) is 16.7 Å². The molecule has 0 radical (unpaired) electrons. The van der Waals surface area contributed by atoms with Gasteiger partial charge >= 0.3 is 5.90 Å². The van der Waals surface area contributed by atoms with Crippen LogP contribution in [0.4, 0.5) is 0 Å². The Balaban J connectivity index is 0.000000309. The molecule has 2 atom stereocenters. The van der Waals surface area contributed by atoms with E-state index in [0.29, 0.717) is 12.2 Å². The molecule has 1 heterocycles. The standard InChI is InChI=1S/C15H20NO.CH4O3S/c1-3-16(4-2)14-15(10-13(15)11-17-14)12-8-6-5-7-9-12;1-5(2,3)4/h5-9,13H,3-4,10-11H2,1-2H3;1H3,(H,2,3,4)/q+1;/p-1. The second-order valence-corrected chi connectivity index (χ2v) is 7.14. The quantitative estimate of drug-likeness (QED) is 0.625. The van der Waals surface area contributed by atoms with Gasteiger partial charge in [0.15, 0.2) is 0 Å². The Morgan fingerprint density at radius 1 is 1.27 bits per heavy atom. The summed E-state index contributed by atoms with van der Waals surface area (Å²) in [6, 6.07) is 10.9. The molecular formula is C16H23NO4S. The number of fused-ring (bicyclic) bond motifs is 1. The third kappa shape index (κ3) is 3.50. The third-order valence-corrected chi connectivity index (χ3v) is 4.25. The monoisotopic (exact) mass is 325 g/mol. The molecule has 0 spiro atoms. The Morgan fingerprint density at radius 3 is 2.27 bits per heavy atom. The van der Waals surface area contributed by atoms with Gasteiger partial charge < -0.3 is 9.29 Å². The molecule has 3 rings (SSSR count). The largest absolute Gasteiger partial charge is 0.748 e. The van der Waals surface area contributed by atoms with Crippen molar-refractivity contribution in [3.8, 4) is 0 Å². The molecule has 1 aliphatic carbocycles. The fourth-order valence-corrected chi connectivity index (χ4v) is 3.20. The lowest BCUT2D eigenvalue weighted by molar-refractivity contribution is -0.530. The molecule has 6 heteroatoms. The summed E-state index contributed by atoms with van der Waals surface area (Å²) in [5.41, 5.74) is 1.65. The van der Waals surface area contributed by atoms with Crippen LogP contribution in [-0.2, 0) is 20.3 Å². The van der Waals surface area contributed by atoms with Crippen LogP contribution in [0.1, 0.15) is 25.8 Å². The molecule has 0 aromatic heterocycles. The fraction of sp³-hybridized carbons (Fsp3) is 0.562. The number of benzene rings is 1. The van der Waals surface area contributed by atoms with Crippen molar-refractivity contribution >= 4 is 16.0 Å². The summed E-state index contributed by atoms with van der Waals surface area (Å²) in [7, 11) is -3.92. The van der Waals surface area contributed by atoms with Gasteiger partial charge in [-0.1, -0.05) is 30.3 Å². The van der Waals surface area contributed by atoms with Crippen molar-refractivity contribution in [3.05, 3.63) is 35.9 Å². The summed E-state index contributed by atoms with van der Waals surface area (Å²) >= 11 is 0. The Kier molecular flexibility index (Phi) is 4.92. The van der Waals surface area contributed by atoms with E-state index < -0.39 is 10.1 Å². The van der Waals surface area contributed by atoms with Crippen LogP contribution < -0.4 is 0 Å². The predicted molar refractivity (Wildman–Crippen MR) is 84.1 cm³/mol. The molecule has 2 unspecified atom stereocenters. The van der Waals surface area contributed by atoms with E-state index in [1.807, 2.05) is 0 Å². The number of hydrogen-bond donors (Lipinski definition) is 0. The van der Waals surface area contributed by atoms with Crippen molar-refractivity contribution in [2.45, 2.75) is 25.7 Å². The molecule has 122 valence electrons. The average Bonchev–Trinajstić information content (AvgIpc) is 3.09. The Bertz CT molecular complexity index is 640. The number of nitrogens with zero attached hydrogens (tertiary/aromatic N) is 1. The number of rotatable bonds is 3. The fourth-order valence-electron chi connectivity index (χ4n) is 3.20. The molecule has 1 saturated carbocycles. The van der Waals surface area contributed by atoms with E-state index in [1.165, 1.54) is 17.9 Å². The van der Waals surface area contributed by atoms with Crippen LogP contribution >= 0.6 is 0 Å². The second-order valence-electron chi connectivity index (χ2n) is 5.73. The summed E-state index contributed by atoms with van der Waals surface area (Å²) in [6.45, 7) is 7.38. The van der Waals surface area contributed by atoms with Crippen LogP contribution in [0.5, 0.6) is 0 Å². The van der Waals surface area contributed by atoms with Crippen LogP contribution in [0.25, 0.3) is 0 Å². The van der Waals surface area contributed by atoms with Crippen molar-refractivity contribution in [1.82, 2.24) is 0 Å². The molecule has 2 aliphatic rings. The SMILES string of the molecule is CC[N+](CC)=C1OCC2CC12c1ccccc1.CS(=O)(=O)[O-]. The predicted octanol–water partition coefficient (Wildman–Crippen LogP) is 1.59. The molecular weight excluding hydrogens is 302 g/mol. The van der Waals surface area contributed by atoms with Gasteiger partial charge in [-0.15, -0.1) is 0 Å². The first-order valence-electron chi connectivity index (χ1n) is 7.54. The van der Waals surface area contributed by atoms with Gasteiger partial charge in [0.1, 0.15) is 18.5 Å². The van der Waals surface area contributed by atoms with E-state index in [1.54, 1.807) is 0 Å². The summed E-state index contributed by atoms with van der Waals surface area (Å²) in [5, 5.41) is 0. The molecule has 0 bridgehead atoms. The molecule has 1 aromatic carbocycles. The van der Waals surface area contributed by atoms with Crippen molar-refractivity contribution in [3.63, 3.8) is 0 Å². The molecule has 5 nitrogen and oxygen atoms in total. The highest BCUT2D eigenvalue weighted by atomic mass is 32.2. The van der Waals surface area contributed by atoms with Crippen LogP contribution in [0, 0.1) is 5.92 Å². The second kappa shape index (κ2) is 6.38. The summed E-state index contributed by atoms with van der Waals surface area (Å²) < 4.78 is 35.6. The first kappa shape index (κ1) is 17.0. The van der Waals surface area contributed by atoms with Gasteiger partial charge in [-0.3, -0.25) is 0 Å². The molecule has 1 aromatic rings. The van der Waals surface area contributed by atoms with Crippen molar-refractivity contribution in [2.24, 2.45) is 5.92 Å². The van der Waals surface area contributed by atoms with Crippen molar-refractivity contribution in [1.29, 1.82) is 0 Å². The maximum absolute atomic E-state index is 9.08. The van der Waals surface area contributed by atoms with E-state index in [-0.39, 0.29) is 5.41 Å². The maximum atomic E-state index is 9.08. The van der Waals surface area contributed by atoms with E-state index in [2.05, 4.69) is 48.8 Å². The van der Waals surface area contributed by atoms with Crippen LogP contribution in [0.2, 0.25) is 0 Å². The van der Waals surface area contributed by atoms with Crippen LogP contribution in [0.3, 0.4) is 0 Å². The zero-order chi connectivity index (χ0) is 16.4. The van der Waals surface area contributed by atoms with Crippen molar-refractivity contribution in [2.75, 3.05) is 26.0 Å². The van der Waals surface area contributed by atoms with Gasteiger partial charge in [-0.05, 0) is 25.8 Å². The summed E-state index contributed by atoms with van der Waals surface area (Å²) in [5.74, 6) is 1.93. The first-order chi connectivity index (χ1) is 10.3. The topological polar surface area (TPSA) is 69.4 Å². The van der Waals surface area contributed by atoms with Crippen molar-refractivity contribution < 1.29 is 22.3 Å². The molecule has 0 amide bonds. The lowest BCUT2D eigenvalue weighted by atomic mass is 9.94. The Hall–Kier alpha value is -1.40. The summed E-state index contributed by atoms with van der Waals surface area (Å²) in [6.07, 6.45) is 1.87. The highest BCUT2D eigenvalue weighted by Gasteiger charge is 2.69. The average molecular weight is 325 g/mol. The molecule has 22 heavy (non-hydrogen) atoms. The highest BCUT2D eigenvalue weighted by Crippen LogP contribution is 2.59. The minimum absolute atomic E-state index is 0.216. The number of ether oxygens (including phenoxy) is 1. The minimum Gasteiger partial charge on any atom is -0.748 e. The lowest BCUT2D eigenvalue weighted by Crippen LogP contribution is -2.31. The molecule has 0 N–H and O–H groups in total. The van der Waals surface area contributed by atoms with Gasteiger partial charge in [-0.25, -0.2) is 13.0 Å². The third-order valence-electron chi connectivity index (χ3n) is 4.25. The maximum Gasteiger partial charge on any atom is 0.347 e. The van der Waals surface area contributed by atoms with E-state index in [0.717, 1.165) is 19.7 Å². The van der Waals surface area contributed by atoms with Gasteiger partial charge in [0.25, 0.3) is 0 Å². The van der Waals surface area contributed by atoms with E-state index >= 15 is 0 Å². The van der Waals surface area contributed by atoms with E-state index in [4.69, 9.17) is 17.7 Å². The van der Waals surface area contributed by atoms with Crippen LogP contribution in [-0.4, -0.2) is 49.4 Å². The summed E-state index contributed by atoms with van der Waals surface area (Å²) in [4.78, 5) is 0. The van der Waals surface area contributed by atoms with Gasteiger partial charge in [-0.2, -0.15) is 0 Å². The normalized spacial score (nSPS) is 25.6. The zero-order valence-corrected chi connectivity index (χ0v) is 14.1. The number of hydrogen-bond acceptors (Lipinski definition) is 4. The Labute approximate surface area is 132 Å². The van der Waals surface area contributed by atoms with E-state index in [9.17, 15) is 0 Å². The minimum atomic E-state index is -3.92. The smallest absolute Gasteiger partial charge is 0.347 e. The highest BCUT2D eigenvalue weighted by molar-refractivity contribution is 7.84. The van der Waals surface area contributed by atoms with Gasteiger partial charge in [0.2, 0.25) is 0 Å².